The fourth-order valence-electron chi connectivity index (χ4n) is 5.24. The van der Waals surface area contributed by atoms with Gasteiger partial charge < -0.3 is 10.2 Å². The Morgan fingerprint density at radius 3 is 2.00 bits per heavy atom. The van der Waals surface area contributed by atoms with Crippen LogP contribution in [0.4, 0.5) is 17.6 Å². The molecule has 1 fully saturated rings. The molecule has 3 N–H and O–H groups in total. The van der Waals surface area contributed by atoms with E-state index in [-0.39, 0.29) is 31.8 Å². The van der Waals surface area contributed by atoms with Crippen molar-refractivity contribution < 1.29 is 46.7 Å². The van der Waals surface area contributed by atoms with Crippen molar-refractivity contribution in [1.29, 1.82) is 0 Å². The number of benzene rings is 1. The summed E-state index contributed by atoms with van der Waals surface area (Å²) < 4.78 is 55.9. The zero-order chi connectivity index (χ0) is 27.8. The predicted molar refractivity (Wildman–Crippen MR) is 117 cm³/mol. The molecule has 0 spiro atoms. The van der Waals surface area contributed by atoms with Crippen molar-refractivity contribution >= 4 is 29.5 Å². The van der Waals surface area contributed by atoms with Gasteiger partial charge in [0.2, 0.25) is 17.7 Å². The lowest BCUT2D eigenvalue weighted by molar-refractivity contribution is -0.150. The van der Waals surface area contributed by atoms with Gasteiger partial charge in [0.1, 0.15) is 0 Å². The van der Waals surface area contributed by atoms with E-state index in [0.717, 1.165) is 0 Å². The van der Waals surface area contributed by atoms with Crippen LogP contribution >= 0.6 is 0 Å². The Labute approximate surface area is 208 Å². The van der Waals surface area contributed by atoms with Gasteiger partial charge in [-0.3, -0.25) is 34.1 Å². The summed E-state index contributed by atoms with van der Waals surface area (Å²) in [5, 5.41) is 11.8. The molecule has 1 aromatic carbocycles. The maximum absolute atomic E-state index is 14.2. The highest BCUT2D eigenvalue weighted by atomic mass is 19.2. The Kier molecular flexibility index (Phi) is 7.91. The van der Waals surface area contributed by atoms with Crippen molar-refractivity contribution in [2.75, 3.05) is 26.7 Å². The minimum absolute atomic E-state index is 0.0981. The molecule has 2 aliphatic rings. The first-order valence-electron chi connectivity index (χ1n) is 11.5. The average molecular weight is 530 g/mol. The van der Waals surface area contributed by atoms with Gasteiger partial charge in [-0.1, -0.05) is 13.8 Å². The molecule has 0 aromatic heterocycles. The van der Waals surface area contributed by atoms with Crippen LogP contribution in [-0.2, 0) is 14.4 Å². The minimum atomic E-state index is -2.25. The van der Waals surface area contributed by atoms with E-state index in [4.69, 9.17) is 0 Å². The second-order valence-electron chi connectivity index (χ2n) is 9.49. The van der Waals surface area contributed by atoms with Gasteiger partial charge in [0, 0.05) is 20.1 Å². The molecule has 1 aromatic rings. The van der Waals surface area contributed by atoms with Crippen molar-refractivity contribution in [2.24, 2.45) is 17.3 Å². The minimum Gasteiger partial charge on any atom is -0.358 e. The molecule has 14 heteroatoms. The van der Waals surface area contributed by atoms with Gasteiger partial charge in [-0.2, -0.15) is 0 Å². The highest BCUT2D eigenvalue weighted by Crippen LogP contribution is 2.46. The summed E-state index contributed by atoms with van der Waals surface area (Å²) >= 11 is 0. The number of hydroxylamine groups is 1. The first-order chi connectivity index (χ1) is 17.3. The molecule has 1 saturated heterocycles. The number of likely N-dealkylation sites (N-methyl/N-ethyl adjacent to an activating group) is 1. The number of carbonyl (C=O) groups excluding carboxylic acids is 5. The van der Waals surface area contributed by atoms with Crippen LogP contribution < -0.4 is 10.8 Å². The maximum atomic E-state index is 14.2. The molecular formula is C23H26F4N4O6. The lowest BCUT2D eigenvalue weighted by Gasteiger charge is -2.36. The summed E-state index contributed by atoms with van der Waals surface area (Å²) in [7, 11) is 1.39. The Balaban J connectivity index is 1.95. The van der Waals surface area contributed by atoms with Gasteiger partial charge >= 0.3 is 0 Å². The van der Waals surface area contributed by atoms with Gasteiger partial charge in [-0.25, -0.2) is 23.0 Å². The Morgan fingerprint density at radius 2 is 1.54 bits per heavy atom. The molecule has 0 saturated carbocycles. The number of rotatable bonds is 9. The first kappa shape index (κ1) is 28.0. The van der Waals surface area contributed by atoms with Crippen LogP contribution in [0, 0.1) is 40.5 Å². The molecule has 0 bridgehead atoms. The predicted octanol–water partition coefficient (Wildman–Crippen LogP) is 1.36. The summed E-state index contributed by atoms with van der Waals surface area (Å²) in [6.45, 7) is 2.73. The zero-order valence-electron chi connectivity index (χ0n) is 20.3. The Hall–Kier alpha value is -3.55. The van der Waals surface area contributed by atoms with E-state index < -0.39 is 88.2 Å². The highest BCUT2D eigenvalue weighted by Gasteiger charge is 2.55. The Bertz CT molecular complexity index is 1130. The Morgan fingerprint density at radius 1 is 1.00 bits per heavy atom. The van der Waals surface area contributed by atoms with Crippen LogP contribution in [0.15, 0.2) is 0 Å². The molecule has 202 valence electrons. The van der Waals surface area contributed by atoms with Gasteiger partial charge in [-0.15, -0.1) is 0 Å². The molecule has 0 aliphatic carbocycles. The van der Waals surface area contributed by atoms with Crippen LogP contribution in [0.3, 0.4) is 0 Å². The van der Waals surface area contributed by atoms with Crippen molar-refractivity contribution in [1.82, 2.24) is 20.6 Å². The number of hydrogen-bond donors (Lipinski definition) is 3. The molecule has 1 unspecified atom stereocenters. The number of nitrogens with zero attached hydrogens (tertiary/aromatic N) is 2. The van der Waals surface area contributed by atoms with Crippen LogP contribution in [0.25, 0.3) is 0 Å². The molecule has 2 atom stereocenters. The first-order valence-corrected chi connectivity index (χ1v) is 11.5. The maximum Gasteiger partial charge on any atom is 0.264 e. The number of halogens is 4. The molecule has 37 heavy (non-hydrogen) atoms. The molecule has 10 nitrogen and oxygen atoms in total. The topological polar surface area (TPSA) is 136 Å². The van der Waals surface area contributed by atoms with Gasteiger partial charge in [0.15, 0.2) is 23.3 Å². The lowest BCUT2D eigenvalue weighted by Crippen LogP contribution is -2.49. The van der Waals surface area contributed by atoms with Crippen molar-refractivity contribution in [2.45, 2.75) is 33.1 Å². The van der Waals surface area contributed by atoms with Crippen LogP contribution in [-0.4, -0.2) is 71.2 Å². The second kappa shape index (κ2) is 10.4. The smallest absolute Gasteiger partial charge is 0.264 e. The summed E-state index contributed by atoms with van der Waals surface area (Å²) in [5.41, 5.74) is -2.50. The van der Waals surface area contributed by atoms with E-state index in [0.29, 0.717) is 4.90 Å². The van der Waals surface area contributed by atoms with Crippen LogP contribution in [0.1, 0.15) is 53.8 Å². The summed E-state index contributed by atoms with van der Waals surface area (Å²) in [6.07, 6.45) is -0.199. The summed E-state index contributed by atoms with van der Waals surface area (Å²) in [4.78, 5) is 65.1. The van der Waals surface area contributed by atoms with Gasteiger partial charge in [0.05, 0.1) is 29.0 Å². The van der Waals surface area contributed by atoms with E-state index in [2.05, 4.69) is 5.32 Å². The number of hydrogen-bond acceptors (Lipinski definition) is 6. The number of fused-ring (bicyclic) bond motifs is 1. The largest absolute Gasteiger partial charge is 0.358 e. The fourth-order valence-corrected chi connectivity index (χ4v) is 5.24. The van der Waals surface area contributed by atoms with Gasteiger partial charge in [-0.05, 0) is 25.2 Å². The van der Waals surface area contributed by atoms with Crippen molar-refractivity contribution in [3.8, 4) is 0 Å². The number of amides is 5. The number of nitrogens with one attached hydrogen (secondary N) is 2. The fraction of sp³-hybridized carbons (Fsp3) is 0.522. The molecule has 3 rings (SSSR count). The number of likely N-dealkylation sites (tertiary alicyclic amines) is 1. The third kappa shape index (κ3) is 4.65. The third-order valence-electron chi connectivity index (χ3n) is 6.85. The molecule has 0 radical (unpaired) electrons. The normalized spacial score (nSPS) is 20.1. The zero-order valence-corrected chi connectivity index (χ0v) is 20.3. The SMILES string of the molecule is CNC(=O)CN1CC[C@@](CC(C)C)(C(CCN2C(=O)c3c(F)c(F)c(F)c(F)c3C2=O)C(=O)NO)C1=O. The third-order valence-corrected chi connectivity index (χ3v) is 6.85. The van der Waals surface area contributed by atoms with E-state index in [1.54, 1.807) is 13.8 Å². The number of imide groups is 1. The molecule has 5 amide bonds. The summed E-state index contributed by atoms with van der Waals surface area (Å²) in [6, 6.07) is 0. The van der Waals surface area contributed by atoms with Crippen molar-refractivity contribution in [3.05, 3.63) is 34.4 Å². The quantitative estimate of drug-likeness (QED) is 0.110. The second-order valence-corrected chi connectivity index (χ2v) is 9.49. The molecule has 2 heterocycles. The van der Waals surface area contributed by atoms with Gasteiger partial charge in [0.25, 0.3) is 11.8 Å². The number of carbonyl (C=O) groups is 5. The molecular weight excluding hydrogens is 504 g/mol. The summed E-state index contributed by atoms with van der Waals surface area (Å²) in [5.74, 6) is -14.9. The van der Waals surface area contributed by atoms with Crippen molar-refractivity contribution in [3.63, 3.8) is 0 Å². The van der Waals surface area contributed by atoms with E-state index in [1.807, 2.05) is 0 Å². The van der Waals surface area contributed by atoms with Crippen LogP contribution in [0.5, 0.6) is 0 Å². The standard InChI is InChI=1S/C23H26F4N4O6/c1-10(2)8-23(5-7-30(22(23)36)9-12(32)28-3)11(19(33)29-37)4-6-31-20(34)13-14(21(31)35)16(25)18(27)17(26)15(13)24/h10-11,37H,4-9H2,1-3H3,(H,28,32)(H,29,33)/t11?,23-/m1/s1. The molecule has 2 aliphatic heterocycles. The van der Waals surface area contributed by atoms with E-state index >= 15 is 0 Å². The van der Waals surface area contributed by atoms with E-state index in [9.17, 15) is 46.7 Å². The lowest BCUT2D eigenvalue weighted by atomic mass is 9.67. The van der Waals surface area contributed by atoms with E-state index in [1.165, 1.54) is 17.4 Å². The highest BCUT2D eigenvalue weighted by molar-refractivity contribution is 6.21. The van der Waals surface area contributed by atoms with Crippen LogP contribution in [0.2, 0.25) is 0 Å². The monoisotopic (exact) mass is 530 g/mol. The average Bonchev–Trinajstić information content (AvgIpc) is 3.29.